The van der Waals surface area contributed by atoms with Gasteiger partial charge < -0.3 is 9.84 Å². The number of amides is 1. The van der Waals surface area contributed by atoms with Crippen molar-refractivity contribution in [1.29, 1.82) is 0 Å². The summed E-state index contributed by atoms with van der Waals surface area (Å²) >= 11 is 0. The van der Waals surface area contributed by atoms with E-state index in [-0.39, 0.29) is 12.3 Å². The monoisotopic (exact) mass is 405 g/mol. The lowest BCUT2D eigenvalue weighted by Crippen LogP contribution is -2.25. The number of ether oxygens (including phenoxy) is 1. The fourth-order valence-corrected chi connectivity index (χ4v) is 2.61. The molecule has 0 saturated heterocycles. The molecule has 0 fully saturated rings. The molecule has 0 spiro atoms. The van der Waals surface area contributed by atoms with Gasteiger partial charge in [-0.05, 0) is 35.4 Å². The van der Waals surface area contributed by atoms with Gasteiger partial charge in [0, 0.05) is 17.7 Å². The maximum absolute atomic E-state index is 12.1. The van der Waals surface area contributed by atoms with Crippen LogP contribution in [0, 0.1) is 10.1 Å². The van der Waals surface area contributed by atoms with Crippen LogP contribution >= 0.6 is 0 Å². The first-order valence-corrected chi connectivity index (χ1v) is 9.05. The van der Waals surface area contributed by atoms with Gasteiger partial charge in [0.05, 0.1) is 11.1 Å². The molecule has 2 N–H and O–H groups in total. The molecule has 3 rings (SSSR count). The van der Waals surface area contributed by atoms with Gasteiger partial charge in [-0.2, -0.15) is 5.10 Å². The zero-order chi connectivity index (χ0) is 21.3. The quantitative estimate of drug-likeness (QED) is 0.339. The van der Waals surface area contributed by atoms with Crippen LogP contribution in [-0.2, 0) is 11.4 Å². The van der Waals surface area contributed by atoms with Crippen LogP contribution in [0.4, 0.5) is 5.69 Å². The molecule has 0 aromatic heterocycles. The maximum atomic E-state index is 12.1. The summed E-state index contributed by atoms with van der Waals surface area (Å²) < 4.78 is 5.77. The Kier molecular flexibility index (Phi) is 6.86. The van der Waals surface area contributed by atoms with Gasteiger partial charge in [-0.3, -0.25) is 14.9 Å². The molecule has 1 atom stereocenters. The van der Waals surface area contributed by atoms with Crippen molar-refractivity contribution in [3.8, 4) is 5.75 Å². The van der Waals surface area contributed by atoms with E-state index in [9.17, 15) is 20.0 Å². The van der Waals surface area contributed by atoms with Crippen LogP contribution in [0.2, 0.25) is 0 Å². The van der Waals surface area contributed by atoms with E-state index in [2.05, 4.69) is 10.5 Å². The summed E-state index contributed by atoms with van der Waals surface area (Å²) in [5.41, 5.74) is 4.18. The fraction of sp³-hybridized carbons (Fsp3) is 0.0909. The number of nitro benzene ring substituents is 1. The highest BCUT2D eigenvalue weighted by molar-refractivity contribution is 5.86. The highest BCUT2D eigenvalue weighted by Gasteiger charge is 2.16. The van der Waals surface area contributed by atoms with E-state index in [1.807, 2.05) is 0 Å². The van der Waals surface area contributed by atoms with Crippen molar-refractivity contribution in [2.24, 2.45) is 5.10 Å². The third-order valence-corrected chi connectivity index (χ3v) is 4.20. The molecule has 0 aliphatic heterocycles. The number of hydrogen-bond donors (Lipinski definition) is 2. The third kappa shape index (κ3) is 5.49. The second kappa shape index (κ2) is 9.94. The molecule has 0 saturated carbocycles. The first-order valence-electron chi connectivity index (χ1n) is 9.05. The van der Waals surface area contributed by atoms with Crippen molar-refractivity contribution in [2.45, 2.75) is 12.7 Å². The van der Waals surface area contributed by atoms with Crippen LogP contribution in [0.25, 0.3) is 0 Å². The van der Waals surface area contributed by atoms with Gasteiger partial charge in [-0.25, -0.2) is 5.43 Å². The Hall–Kier alpha value is -4.04. The molecule has 0 bridgehead atoms. The van der Waals surface area contributed by atoms with Crippen molar-refractivity contribution in [2.75, 3.05) is 0 Å². The molecule has 0 unspecified atom stereocenters. The van der Waals surface area contributed by atoms with E-state index < -0.39 is 16.9 Å². The highest BCUT2D eigenvalue weighted by atomic mass is 16.6. The standard InChI is InChI=1S/C22H19N3O5/c26-21(17-6-2-1-3-7-17)22(27)24-23-14-18-8-4-5-9-20(18)30-15-16-10-12-19(13-11-16)25(28)29/h1-14,21,26H,15H2,(H,24,27)/b23-14-/t21-/m0/s1. The van der Waals surface area contributed by atoms with E-state index in [1.54, 1.807) is 66.7 Å². The number of para-hydroxylation sites is 1. The molecule has 3 aromatic rings. The van der Waals surface area contributed by atoms with Gasteiger partial charge in [-0.15, -0.1) is 0 Å². The van der Waals surface area contributed by atoms with Crippen molar-refractivity contribution in [1.82, 2.24) is 5.43 Å². The van der Waals surface area contributed by atoms with Crippen LogP contribution < -0.4 is 10.2 Å². The zero-order valence-corrected chi connectivity index (χ0v) is 15.8. The van der Waals surface area contributed by atoms with E-state index in [4.69, 9.17) is 4.74 Å². The molecule has 1 amide bonds. The summed E-state index contributed by atoms with van der Waals surface area (Å²) in [6.07, 6.45) is 0.0952. The van der Waals surface area contributed by atoms with Gasteiger partial charge in [0.15, 0.2) is 6.10 Å². The minimum Gasteiger partial charge on any atom is -0.488 e. The lowest BCUT2D eigenvalue weighted by atomic mass is 10.1. The number of non-ortho nitro benzene ring substituents is 1. The Balaban J connectivity index is 1.60. The Morgan fingerprint density at radius 2 is 1.73 bits per heavy atom. The van der Waals surface area contributed by atoms with Gasteiger partial charge in [0.1, 0.15) is 12.4 Å². The van der Waals surface area contributed by atoms with Gasteiger partial charge in [-0.1, -0.05) is 42.5 Å². The van der Waals surface area contributed by atoms with Crippen LogP contribution in [0.3, 0.4) is 0 Å². The van der Waals surface area contributed by atoms with Gasteiger partial charge in [0.25, 0.3) is 11.6 Å². The molecule has 0 radical (unpaired) electrons. The molecule has 0 aliphatic carbocycles. The van der Waals surface area contributed by atoms with E-state index >= 15 is 0 Å². The molecule has 30 heavy (non-hydrogen) atoms. The summed E-state index contributed by atoms with van der Waals surface area (Å²) in [5.74, 6) is -0.126. The Bertz CT molecular complexity index is 1040. The van der Waals surface area contributed by atoms with Crippen LogP contribution in [-0.4, -0.2) is 22.2 Å². The number of carbonyl (C=O) groups excluding carboxylic acids is 1. The van der Waals surface area contributed by atoms with E-state index in [0.717, 1.165) is 5.56 Å². The molecule has 0 heterocycles. The normalized spacial score (nSPS) is 11.8. The van der Waals surface area contributed by atoms with Crippen molar-refractivity contribution < 1.29 is 19.6 Å². The zero-order valence-electron chi connectivity index (χ0n) is 15.8. The van der Waals surface area contributed by atoms with Crippen LogP contribution in [0.15, 0.2) is 84.0 Å². The van der Waals surface area contributed by atoms with E-state index in [0.29, 0.717) is 16.9 Å². The Morgan fingerprint density at radius 3 is 2.43 bits per heavy atom. The Labute approximate surface area is 172 Å². The number of hydrogen-bond acceptors (Lipinski definition) is 6. The van der Waals surface area contributed by atoms with Gasteiger partial charge >= 0.3 is 0 Å². The second-order valence-corrected chi connectivity index (χ2v) is 6.30. The van der Waals surface area contributed by atoms with Crippen molar-refractivity contribution >= 4 is 17.8 Å². The first kappa shape index (κ1) is 20.7. The molecule has 8 nitrogen and oxygen atoms in total. The largest absolute Gasteiger partial charge is 0.488 e. The number of rotatable bonds is 8. The van der Waals surface area contributed by atoms with Crippen LogP contribution in [0.5, 0.6) is 5.75 Å². The molecule has 152 valence electrons. The SMILES string of the molecule is O=C(N/N=C\c1ccccc1OCc1ccc([N+](=O)[O-])cc1)[C@@H](O)c1ccccc1. The van der Waals surface area contributed by atoms with Crippen molar-refractivity contribution in [3.05, 3.63) is 106 Å². The number of hydrazone groups is 1. The minimum atomic E-state index is -1.32. The molecule has 8 heteroatoms. The number of nitrogens with one attached hydrogen (secondary N) is 1. The van der Waals surface area contributed by atoms with Crippen molar-refractivity contribution in [3.63, 3.8) is 0 Å². The summed E-state index contributed by atoms with van der Waals surface area (Å²) in [6, 6.07) is 21.7. The number of aliphatic hydroxyl groups excluding tert-OH is 1. The molecule has 3 aromatic carbocycles. The molecular formula is C22H19N3O5. The van der Waals surface area contributed by atoms with Gasteiger partial charge in [0.2, 0.25) is 0 Å². The summed E-state index contributed by atoms with van der Waals surface area (Å²) in [7, 11) is 0. The molecule has 0 aliphatic rings. The predicted molar refractivity (Wildman–Crippen MR) is 111 cm³/mol. The second-order valence-electron chi connectivity index (χ2n) is 6.30. The lowest BCUT2D eigenvalue weighted by molar-refractivity contribution is -0.384. The van der Waals surface area contributed by atoms with E-state index in [1.165, 1.54) is 18.3 Å². The maximum Gasteiger partial charge on any atom is 0.273 e. The minimum absolute atomic E-state index is 0.0136. The smallest absolute Gasteiger partial charge is 0.273 e. The summed E-state index contributed by atoms with van der Waals surface area (Å²) in [6.45, 7) is 0.210. The topological polar surface area (TPSA) is 114 Å². The number of aliphatic hydroxyl groups is 1. The average molecular weight is 405 g/mol. The first-order chi connectivity index (χ1) is 14.5. The number of carbonyl (C=O) groups is 1. The van der Waals surface area contributed by atoms with Crippen LogP contribution in [0.1, 0.15) is 22.8 Å². The number of nitrogens with zero attached hydrogens (tertiary/aromatic N) is 2. The fourth-order valence-electron chi connectivity index (χ4n) is 2.61. The third-order valence-electron chi connectivity index (χ3n) is 4.20. The number of nitro groups is 1. The summed E-state index contributed by atoms with van der Waals surface area (Å²) in [5, 5.41) is 24.7. The highest BCUT2D eigenvalue weighted by Crippen LogP contribution is 2.19. The Morgan fingerprint density at radius 1 is 1.07 bits per heavy atom. The lowest BCUT2D eigenvalue weighted by Gasteiger charge is -2.10. The molecular weight excluding hydrogens is 386 g/mol. The summed E-state index contributed by atoms with van der Waals surface area (Å²) in [4.78, 5) is 22.3. The number of benzene rings is 3. The average Bonchev–Trinajstić information content (AvgIpc) is 2.78. The predicted octanol–water partition coefficient (Wildman–Crippen LogP) is 3.36.